The molecule has 0 atom stereocenters. The summed E-state index contributed by atoms with van der Waals surface area (Å²) in [7, 11) is -2.27. The van der Waals surface area contributed by atoms with E-state index in [-0.39, 0.29) is 0 Å². The van der Waals surface area contributed by atoms with Crippen molar-refractivity contribution < 1.29 is 0 Å². The number of hydrogen-bond donors (Lipinski definition) is 0. The summed E-state index contributed by atoms with van der Waals surface area (Å²) in [5, 5.41) is 8.13. The van der Waals surface area contributed by atoms with Gasteiger partial charge in [-0.25, -0.2) is 0 Å². The zero-order valence-electron chi connectivity index (χ0n) is 21.0. The molecule has 0 radical (unpaired) electrons. The van der Waals surface area contributed by atoms with Crippen molar-refractivity contribution in [2.75, 3.05) is 0 Å². The third-order valence-corrected chi connectivity index (χ3v) is 11.7. The van der Waals surface area contributed by atoms with E-state index in [2.05, 4.69) is 127 Å². The van der Waals surface area contributed by atoms with E-state index in [0.29, 0.717) is 5.92 Å². The molecular formula is C35H32Si. The second-order valence-electron chi connectivity index (χ2n) is 10.3. The monoisotopic (exact) mass is 480 g/mol. The van der Waals surface area contributed by atoms with Crippen LogP contribution in [-0.2, 0) is 0 Å². The van der Waals surface area contributed by atoms with Crippen molar-refractivity contribution in [3.63, 3.8) is 0 Å². The van der Waals surface area contributed by atoms with Crippen LogP contribution in [0.1, 0.15) is 49.1 Å². The van der Waals surface area contributed by atoms with Gasteiger partial charge in [-0.2, -0.15) is 0 Å². The fourth-order valence-electron chi connectivity index (χ4n) is 6.17. The van der Waals surface area contributed by atoms with Gasteiger partial charge in [-0.3, -0.25) is 0 Å². The molecule has 5 aromatic rings. The molecule has 0 amide bonds. The van der Waals surface area contributed by atoms with Crippen LogP contribution in [0.25, 0.3) is 21.5 Å². The van der Waals surface area contributed by atoms with Gasteiger partial charge in [0.15, 0.2) is 8.07 Å². The lowest BCUT2D eigenvalue weighted by atomic mass is 9.78. The van der Waals surface area contributed by atoms with Crippen molar-refractivity contribution in [3.8, 4) is 11.5 Å². The van der Waals surface area contributed by atoms with E-state index in [1.54, 1.807) is 5.56 Å². The topological polar surface area (TPSA) is 0 Å². The predicted octanol–water partition coefficient (Wildman–Crippen LogP) is 7.82. The molecule has 176 valence electrons. The Morgan fingerprint density at radius 1 is 0.556 bits per heavy atom. The number of benzene rings is 5. The van der Waals surface area contributed by atoms with Gasteiger partial charge in [0, 0.05) is 5.56 Å². The highest BCUT2D eigenvalue weighted by Gasteiger charge is 2.30. The van der Waals surface area contributed by atoms with E-state index in [9.17, 15) is 0 Å². The van der Waals surface area contributed by atoms with Crippen LogP contribution >= 0.6 is 0 Å². The molecule has 0 saturated heterocycles. The van der Waals surface area contributed by atoms with E-state index in [4.69, 9.17) is 0 Å². The maximum atomic E-state index is 3.92. The second kappa shape index (κ2) is 9.80. The molecule has 36 heavy (non-hydrogen) atoms. The maximum absolute atomic E-state index is 3.92. The Morgan fingerprint density at radius 2 is 1.00 bits per heavy atom. The first-order valence-electron chi connectivity index (χ1n) is 13.3. The molecule has 0 bridgehead atoms. The van der Waals surface area contributed by atoms with Gasteiger partial charge in [-0.05, 0) is 56.2 Å². The van der Waals surface area contributed by atoms with Crippen LogP contribution in [0.2, 0.25) is 6.55 Å². The van der Waals surface area contributed by atoms with Crippen molar-refractivity contribution >= 4 is 40.0 Å². The molecule has 0 N–H and O–H groups in total. The molecule has 1 aliphatic carbocycles. The van der Waals surface area contributed by atoms with E-state index >= 15 is 0 Å². The van der Waals surface area contributed by atoms with Gasteiger partial charge in [-0.15, -0.1) is 5.54 Å². The van der Waals surface area contributed by atoms with Gasteiger partial charge in [0.05, 0.1) is 0 Å². The lowest BCUT2D eigenvalue weighted by molar-refractivity contribution is 0.447. The zero-order chi connectivity index (χ0) is 24.4. The van der Waals surface area contributed by atoms with Gasteiger partial charge < -0.3 is 0 Å². The summed E-state index contributed by atoms with van der Waals surface area (Å²) in [4.78, 5) is 0. The second-order valence-corrected chi connectivity index (χ2v) is 14.0. The summed E-state index contributed by atoms with van der Waals surface area (Å²) in [6.07, 6.45) is 6.65. The quantitative estimate of drug-likeness (QED) is 0.140. The third kappa shape index (κ3) is 4.06. The first-order valence-corrected chi connectivity index (χ1v) is 15.8. The van der Waals surface area contributed by atoms with Crippen molar-refractivity contribution in [2.45, 2.75) is 44.6 Å². The Morgan fingerprint density at radius 3 is 1.50 bits per heavy atom. The van der Waals surface area contributed by atoms with Gasteiger partial charge >= 0.3 is 0 Å². The molecule has 1 heteroatoms. The summed E-state index contributed by atoms with van der Waals surface area (Å²) in [5.74, 6) is 4.45. The van der Waals surface area contributed by atoms with Crippen LogP contribution in [0.15, 0.2) is 109 Å². The normalized spacial score (nSPS) is 14.5. The lowest BCUT2D eigenvalue weighted by Crippen LogP contribution is -2.54. The molecule has 1 saturated carbocycles. The van der Waals surface area contributed by atoms with Crippen molar-refractivity contribution in [1.29, 1.82) is 0 Å². The van der Waals surface area contributed by atoms with Crippen LogP contribution < -0.4 is 10.4 Å². The molecule has 0 heterocycles. The van der Waals surface area contributed by atoms with Gasteiger partial charge in [-0.1, -0.05) is 141 Å². The molecule has 6 rings (SSSR count). The minimum atomic E-state index is -2.27. The van der Waals surface area contributed by atoms with Gasteiger partial charge in [0.2, 0.25) is 0 Å². The Hall–Kier alpha value is -3.60. The molecule has 1 aliphatic rings. The van der Waals surface area contributed by atoms with E-state index in [1.165, 1.54) is 69.6 Å². The fraction of sp³-hybridized carbons (Fsp3) is 0.200. The van der Waals surface area contributed by atoms with Crippen molar-refractivity contribution in [3.05, 3.63) is 120 Å². The Balaban J connectivity index is 1.62. The lowest BCUT2D eigenvalue weighted by Gasteiger charge is -2.26. The predicted molar refractivity (Wildman–Crippen MR) is 158 cm³/mol. The fourth-order valence-corrected chi connectivity index (χ4v) is 8.88. The summed E-state index contributed by atoms with van der Waals surface area (Å²) in [5.41, 5.74) is 6.66. The van der Waals surface area contributed by atoms with Crippen molar-refractivity contribution in [1.82, 2.24) is 0 Å². The summed E-state index contributed by atoms with van der Waals surface area (Å²) in [6.45, 7) is 2.39. The van der Waals surface area contributed by atoms with Crippen LogP contribution in [-0.4, -0.2) is 8.07 Å². The first-order chi connectivity index (χ1) is 17.8. The van der Waals surface area contributed by atoms with E-state index in [1.807, 2.05) is 0 Å². The molecule has 0 unspecified atom stereocenters. The smallest absolute Gasteiger partial charge is 0.115 e. The third-order valence-electron chi connectivity index (χ3n) is 8.13. The van der Waals surface area contributed by atoms with Crippen molar-refractivity contribution in [2.24, 2.45) is 0 Å². The first kappa shape index (κ1) is 22.8. The SMILES string of the molecule is C[Si](C#Cc1c2ccccc2c(C2CCCCC2)c2ccccc12)(c1ccccc1)c1ccccc1. The Bertz CT molecular complexity index is 1470. The average Bonchev–Trinajstić information content (AvgIpc) is 2.96. The molecule has 5 aromatic carbocycles. The standard InChI is InChI=1S/C35H32Si/c1-36(28-17-7-3-8-18-28,29-19-9-4-10-20-29)26-25-32-30-21-11-13-23-33(30)35(27-15-5-2-6-16-27)34-24-14-12-22-31(32)34/h3-4,7-14,17-24,27H,2,5-6,15-16H2,1H3. The minimum absolute atomic E-state index is 0.642. The molecular weight excluding hydrogens is 448 g/mol. The van der Waals surface area contributed by atoms with Crippen LogP contribution in [0.4, 0.5) is 0 Å². The Kier molecular flexibility index (Phi) is 6.22. The summed E-state index contributed by atoms with van der Waals surface area (Å²) >= 11 is 0. The van der Waals surface area contributed by atoms with Gasteiger partial charge in [0.25, 0.3) is 0 Å². The molecule has 0 nitrogen and oxygen atoms in total. The maximum Gasteiger partial charge on any atom is 0.196 e. The molecule has 1 fully saturated rings. The van der Waals surface area contributed by atoms with Crippen LogP contribution in [0, 0.1) is 11.5 Å². The summed E-state index contributed by atoms with van der Waals surface area (Å²) < 4.78 is 0. The molecule has 0 aromatic heterocycles. The van der Waals surface area contributed by atoms with Gasteiger partial charge in [0.1, 0.15) is 0 Å². The highest BCUT2D eigenvalue weighted by molar-refractivity contribution is 7.07. The molecule has 0 spiro atoms. The number of fused-ring (bicyclic) bond motifs is 2. The van der Waals surface area contributed by atoms with Crippen LogP contribution in [0.5, 0.6) is 0 Å². The van der Waals surface area contributed by atoms with E-state index in [0.717, 1.165) is 0 Å². The summed E-state index contributed by atoms with van der Waals surface area (Å²) in [6, 6.07) is 39.8. The van der Waals surface area contributed by atoms with Crippen LogP contribution in [0.3, 0.4) is 0 Å². The highest BCUT2D eigenvalue weighted by atomic mass is 28.3. The zero-order valence-corrected chi connectivity index (χ0v) is 22.0. The number of hydrogen-bond acceptors (Lipinski definition) is 0. The number of rotatable bonds is 3. The average molecular weight is 481 g/mol. The molecule has 0 aliphatic heterocycles. The highest BCUT2D eigenvalue weighted by Crippen LogP contribution is 2.42. The minimum Gasteiger partial charge on any atom is -0.115 e. The Labute approximate surface area is 216 Å². The largest absolute Gasteiger partial charge is 0.196 e. The van der Waals surface area contributed by atoms with E-state index < -0.39 is 8.07 Å².